The van der Waals surface area contributed by atoms with Crippen molar-refractivity contribution in [3.8, 4) is 67.3 Å². The average Bonchev–Trinajstić information content (AvgIpc) is 4.35. The molecule has 414 valence electrons. The quantitative estimate of drug-likeness (QED) is 0.101. The third-order valence-corrected chi connectivity index (χ3v) is 18.9. The van der Waals surface area contributed by atoms with Gasteiger partial charge in [0, 0.05) is 35.9 Å². The number of benzene rings is 8. The van der Waals surface area contributed by atoms with E-state index in [0.717, 1.165) is 57.9 Å². The van der Waals surface area contributed by atoms with E-state index in [1.807, 2.05) is 73.3 Å². The van der Waals surface area contributed by atoms with Crippen LogP contribution >= 0.6 is 15.8 Å². The first-order chi connectivity index (χ1) is 40.2. The van der Waals surface area contributed by atoms with Crippen molar-refractivity contribution in [2.75, 3.05) is 13.3 Å². The molecule has 0 atom stereocenters. The Balaban J connectivity index is 0.000000151. The third kappa shape index (κ3) is 17.0. The Morgan fingerprint density at radius 1 is 0.325 bits per heavy atom. The summed E-state index contributed by atoms with van der Waals surface area (Å²) in [6.07, 6.45) is 9.58. The molecular formula is C74H72N6OsP2+2. The first-order valence-corrected chi connectivity index (χ1v) is 32.3. The number of rotatable bonds is 14. The smallest absolute Gasteiger partial charge is 0.573 e. The van der Waals surface area contributed by atoms with Crippen molar-refractivity contribution < 1.29 is 19.8 Å². The van der Waals surface area contributed by atoms with E-state index in [1.54, 1.807) is 0 Å². The summed E-state index contributed by atoms with van der Waals surface area (Å²) in [5, 5.41) is 23.0. The van der Waals surface area contributed by atoms with Crippen LogP contribution in [0.25, 0.3) is 67.3 Å². The van der Waals surface area contributed by atoms with Crippen LogP contribution < -0.4 is 31.4 Å². The van der Waals surface area contributed by atoms with E-state index < -0.39 is 15.8 Å². The van der Waals surface area contributed by atoms with E-state index in [2.05, 4.69) is 268 Å². The van der Waals surface area contributed by atoms with Crippen molar-refractivity contribution >= 4 is 37.1 Å². The molecule has 4 heterocycles. The Hall–Kier alpha value is -8.02. The number of nitrogens with zero attached hydrogens (tertiary/aromatic N) is 6. The summed E-state index contributed by atoms with van der Waals surface area (Å²) in [4.78, 5) is 9.50. The van der Waals surface area contributed by atoms with Crippen LogP contribution in [-0.2, 0) is 32.6 Å². The Bertz CT molecular complexity index is 3440. The van der Waals surface area contributed by atoms with Crippen LogP contribution in [0.5, 0.6) is 0 Å². The van der Waals surface area contributed by atoms with E-state index in [9.17, 15) is 0 Å². The molecule has 0 N–H and O–H groups in total. The summed E-state index contributed by atoms with van der Waals surface area (Å²) < 4.78 is 0. The average molecular weight is 1300 g/mol. The molecular weight excluding hydrogens is 1230 g/mol. The summed E-state index contributed by atoms with van der Waals surface area (Å²) in [5.41, 5.74) is 15.0. The second-order valence-corrected chi connectivity index (χ2v) is 25.9. The van der Waals surface area contributed by atoms with E-state index in [1.165, 1.54) is 54.6 Å². The molecule has 8 aromatic carbocycles. The molecule has 9 heteroatoms. The van der Waals surface area contributed by atoms with Gasteiger partial charge in [-0.05, 0) is 130 Å². The van der Waals surface area contributed by atoms with Crippen LogP contribution in [0.15, 0.2) is 280 Å². The van der Waals surface area contributed by atoms with Crippen molar-refractivity contribution in [2.24, 2.45) is 11.8 Å². The van der Waals surface area contributed by atoms with Gasteiger partial charge in [0.25, 0.3) is 0 Å². The van der Waals surface area contributed by atoms with E-state index in [0.29, 0.717) is 11.8 Å². The summed E-state index contributed by atoms with van der Waals surface area (Å²) in [6, 6.07) is 88.7. The van der Waals surface area contributed by atoms with Gasteiger partial charge in [-0.15, -0.1) is 0 Å². The van der Waals surface area contributed by atoms with Gasteiger partial charge in [-0.1, -0.05) is 233 Å². The van der Waals surface area contributed by atoms with E-state index in [-0.39, 0.29) is 19.8 Å². The minimum Gasteiger partial charge on any atom is -0.573 e. The monoisotopic (exact) mass is 1300 g/mol. The second-order valence-electron chi connectivity index (χ2n) is 21.0. The maximum atomic E-state index is 4.75. The largest absolute Gasteiger partial charge is 2.00 e. The van der Waals surface area contributed by atoms with Crippen LogP contribution in [0.3, 0.4) is 0 Å². The Morgan fingerprint density at radius 2 is 0.566 bits per heavy atom. The zero-order valence-electron chi connectivity index (χ0n) is 48.2. The molecule has 12 rings (SSSR count). The summed E-state index contributed by atoms with van der Waals surface area (Å²) in [6.45, 7) is 13.7. The first kappa shape index (κ1) is 61.1. The van der Waals surface area contributed by atoms with Crippen molar-refractivity contribution in [2.45, 2.75) is 40.5 Å². The van der Waals surface area contributed by atoms with Crippen LogP contribution in [0.4, 0.5) is 0 Å². The molecule has 0 aliphatic carbocycles. The molecule has 0 fully saturated rings. The molecule has 0 spiro atoms. The number of aromatic nitrogens is 6. The molecule has 0 aliphatic heterocycles. The standard InChI is InChI=1S/2C24H22N3.2C13H13P.Os/c2*1-17(2)13-20-14-23(25-15-21(20)18-9-5-3-6-10-18)24-22(16-26-27-24)19-11-7-4-8-12-19;2*1-14(12-8-4-2-5-9-12)13-10-6-3-7-11-13;/h2*3-12,14-17H,13H2,1-2H3;2*2-11H,1H3;/q2*-1;;;+2/p+2. The zero-order chi connectivity index (χ0) is 56.9. The molecule has 0 bridgehead atoms. The molecule has 0 aliphatic rings. The third-order valence-electron chi connectivity index (χ3n) is 14.1. The van der Waals surface area contributed by atoms with E-state index in [4.69, 9.17) is 9.97 Å². The number of hydrogen-bond donors (Lipinski definition) is 0. The fraction of sp³-hybridized carbons (Fsp3) is 0.135. The fourth-order valence-corrected chi connectivity index (χ4v) is 13.3. The van der Waals surface area contributed by atoms with Gasteiger partial charge in [-0.3, -0.25) is 9.97 Å². The predicted octanol–water partition coefficient (Wildman–Crippen LogP) is 16.2. The molecule has 4 aromatic heterocycles. The van der Waals surface area contributed by atoms with Gasteiger partial charge in [0.05, 0.1) is 61.8 Å². The van der Waals surface area contributed by atoms with Gasteiger partial charge in [0.15, 0.2) is 0 Å². The fourth-order valence-electron chi connectivity index (χ4n) is 9.87. The molecule has 0 unspecified atom stereocenters. The molecule has 12 aromatic rings. The zero-order valence-corrected chi connectivity index (χ0v) is 52.7. The molecule has 0 amide bonds. The van der Waals surface area contributed by atoms with Gasteiger partial charge < -0.3 is 20.4 Å². The van der Waals surface area contributed by atoms with Crippen LogP contribution in [0.1, 0.15) is 38.8 Å². The van der Waals surface area contributed by atoms with Gasteiger partial charge in [0.1, 0.15) is 0 Å². The molecule has 6 nitrogen and oxygen atoms in total. The summed E-state index contributed by atoms with van der Waals surface area (Å²) >= 11 is 0. The Labute approximate surface area is 507 Å². The van der Waals surface area contributed by atoms with Crippen molar-refractivity contribution in [1.29, 1.82) is 0 Å². The second kappa shape index (κ2) is 31.4. The van der Waals surface area contributed by atoms with Gasteiger partial charge >= 0.3 is 19.8 Å². The van der Waals surface area contributed by atoms with Crippen LogP contribution in [0, 0.1) is 11.8 Å². The summed E-state index contributed by atoms with van der Waals surface area (Å²) in [5.74, 6) is 1.11. The summed E-state index contributed by atoms with van der Waals surface area (Å²) in [7, 11) is -1.09. The van der Waals surface area contributed by atoms with Crippen molar-refractivity contribution in [1.82, 2.24) is 30.4 Å². The van der Waals surface area contributed by atoms with Gasteiger partial charge in [-0.2, -0.15) is 0 Å². The van der Waals surface area contributed by atoms with E-state index >= 15 is 0 Å². The number of hydrogen-bond acceptors (Lipinski definition) is 4. The molecule has 83 heavy (non-hydrogen) atoms. The van der Waals surface area contributed by atoms with Crippen molar-refractivity contribution in [3.05, 3.63) is 291 Å². The predicted molar refractivity (Wildman–Crippen MR) is 353 cm³/mol. The molecule has 0 saturated heterocycles. The Morgan fingerprint density at radius 3 is 0.819 bits per heavy atom. The topological polar surface area (TPSA) is 79.8 Å². The maximum absolute atomic E-state index is 4.75. The van der Waals surface area contributed by atoms with Gasteiger partial charge in [-0.25, -0.2) is 0 Å². The SMILES string of the molecule is CC(C)Cc1cc(-c2[n-]ncc2-c2ccccc2)ncc1-c1ccccc1.CC(C)Cc1cc(-c2[n-]ncc2-c2ccccc2)ncc1-c1ccccc1.C[PH+](c1ccccc1)c1ccccc1.C[PH+](c1ccccc1)c1ccccc1.[Os+2]. The first-order valence-electron chi connectivity index (χ1n) is 28.3. The normalized spacial score (nSPS) is 10.7. The molecule has 0 radical (unpaired) electrons. The number of pyridine rings is 2. The Kier molecular flexibility index (Phi) is 23.1. The minimum atomic E-state index is -0.545. The van der Waals surface area contributed by atoms with Gasteiger partial charge in [0.2, 0.25) is 0 Å². The van der Waals surface area contributed by atoms with Crippen molar-refractivity contribution in [3.63, 3.8) is 0 Å². The molecule has 0 saturated carbocycles. The van der Waals surface area contributed by atoms with Crippen LogP contribution in [0.2, 0.25) is 0 Å². The maximum Gasteiger partial charge on any atom is 2.00 e. The van der Waals surface area contributed by atoms with Crippen LogP contribution in [-0.4, -0.2) is 33.5 Å². The minimum absolute atomic E-state index is 0.